The van der Waals surface area contributed by atoms with Crippen molar-refractivity contribution in [2.45, 2.75) is 43.6 Å². The molecule has 1 heterocycles. The van der Waals surface area contributed by atoms with Crippen LogP contribution >= 0.6 is 0 Å². The molecule has 5 nitrogen and oxygen atoms in total. The molecule has 0 aliphatic carbocycles. The zero-order valence-electron chi connectivity index (χ0n) is 14.4. The van der Waals surface area contributed by atoms with Gasteiger partial charge in [-0.05, 0) is 45.4 Å². The van der Waals surface area contributed by atoms with E-state index in [-0.39, 0.29) is 5.03 Å². The van der Waals surface area contributed by atoms with Crippen LogP contribution in [0.5, 0.6) is 0 Å². The van der Waals surface area contributed by atoms with Crippen LogP contribution in [0.25, 0.3) is 0 Å². The molecule has 0 amide bonds. The number of aliphatic hydroxyl groups is 1. The fraction of sp³-hybridized carbons (Fsp3) is 0.389. The number of sulfone groups is 1. The van der Waals surface area contributed by atoms with Crippen LogP contribution in [0.4, 0.5) is 5.69 Å². The third-order valence-electron chi connectivity index (χ3n) is 3.78. The highest BCUT2D eigenvalue weighted by molar-refractivity contribution is 7.92. The molecule has 2 aromatic rings. The van der Waals surface area contributed by atoms with Crippen molar-refractivity contribution in [3.8, 4) is 0 Å². The van der Waals surface area contributed by atoms with E-state index >= 15 is 0 Å². The summed E-state index contributed by atoms with van der Waals surface area (Å²) >= 11 is 0. The number of aliphatic hydroxyl groups excluding tert-OH is 1. The molecule has 0 fully saturated rings. The molecule has 6 heteroatoms. The number of pyridine rings is 1. The molecule has 0 saturated heterocycles. The van der Waals surface area contributed by atoms with Gasteiger partial charge in [-0.3, -0.25) is 0 Å². The molecule has 1 aromatic carbocycles. The van der Waals surface area contributed by atoms with Crippen molar-refractivity contribution in [2.24, 2.45) is 0 Å². The summed E-state index contributed by atoms with van der Waals surface area (Å²) in [7, 11) is -3.46. The van der Waals surface area contributed by atoms with Crippen molar-refractivity contribution in [2.75, 3.05) is 11.9 Å². The predicted octanol–water partition coefficient (Wildman–Crippen LogP) is 3.11. The Kier molecular flexibility index (Phi) is 5.30. The highest BCUT2D eigenvalue weighted by atomic mass is 32.2. The van der Waals surface area contributed by atoms with Crippen LogP contribution in [0.3, 0.4) is 0 Å². The predicted molar refractivity (Wildman–Crippen MR) is 95.8 cm³/mol. The lowest BCUT2D eigenvalue weighted by Gasteiger charge is -2.18. The van der Waals surface area contributed by atoms with Crippen molar-refractivity contribution in [1.29, 1.82) is 0 Å². The molecule has 1 atom stereocenters. The van der Waals surface area contributed by atoms with E-state index in [4.69, 9.17) is 0 Å². The summed E-state index contributed by atoms with van der Waals surface area (Å²) < 4.78 is 23.7. The smallest absolute Gasteiger partial charge is 0.200 e. The highest BCUT2D eigenvalue weighted by Crippen LogP contribution is 2.24. The maximum atomic E-state index is 12.3. The molecule has 0 aliphatic heterocycles. The van der Waals surface area contributed by atoms with E-state index in [2.05, 4.69) is 10.3 Å². The minimum absolute atomic E-state index is 0.0552. The average Bonchev–Trinajstić information content (AvgIpc) is 2.52. The van der Waals surface area contributed by atoms with Crippen LogP contribution < -0.4 is 5.32 Å². The minimum atomic E-state index is -3.46. The maximum absolute atomic E-state index is 12.3. The monoisotopic (exact) mass is 348 g/mol. The molecule has 0 saturated carbocycles. The molecular weight excluding hydrogens is 324 g/mol. The molecule has 1 unspecified atom stereocenters. The second-order valence-corrected chi connectivity index (χ2v) is 9.46. The summed E-state index contributed by atoms with van der Waals surface area (Å²) in [6, 6.07) is 10.8. The first kappa shape index (κ1) is 18.4. The third-order valence-corrected chi connectivity index (χ3v) is 6.18. The first-order valence-corrected chi connectivity index (χ1v) is 9.29. The van der Waals surface area contributed by atoms with Gasteiger partial charge in [0.15, 0.2) is 14.9 Å². The van der Waals surface area contributed by atoms with Crippen molar-refractivity contribution in [3.63, 3.8) is 0 Å². The van der Waals surface area contributed by atoms with E-state index in [1.807, 2.05) is 31.2 Å². The maximum Gasteiger partial charge on any atom is 0.200 e. The number of benzene rings is 1. The molecule has 0 radical (unpaired) electrons. The molecule has 0 bridgehead atoms. The van der Waals surface area contributed by atoms with Gasteiger partial charge < -0.3 is 10.4 Å². The number of anilines is 1. The lowest BCUT2D eigenvalue weighted by atomic mass is 10.1. The fourth-order valence-electron chi connectivity index (χ4n) is 2.08. The third kappa shape index (κ3) is 4.13. The van der Waals surface area contributed by atoms with Crippen LogP contribution in [0.1, 0.15) is 38.0 Å². The fourth-order valence-corrected chi connectivity index (χ4v) is 3.14. The second-order valence-electron chi connectivity index (χ2n) is 6.81. The molecule has 24 heavy (non-hydrogen) atoms. The molecule has 1 aromatic heterocycles. The van der Waals surface area contributed by atoms with Crippen LogP contribution in [0, 0.1) is 6.92 Å². The highest BCUT2D eigenvalue weighted by Gasteiger charge is 2.31. The number of nitrogens with one attached hydrogen (secondary N) is 1. The van der Waals surface area contributed by atoms with Gasteiger partial charge in [0, 0.05) is 6.54 Å². The van der Waals surface area contributed by atoms with E-state index in [1.54, 1.807) is 26.8 Å². The van der Waals surface area contributed by atoms with Crippen LogP contribution in [-0.2, 0) is 9.84 Å². The Hall–Kier alpha value is -1.92. The van der Waals surface area contributed by atoms with Crippen molar-refractivity contribution in [3.05, 3.63) is 53.7 Å². The van der Waals surface area contributed by atoms with Crippen LogP contribution in [0.2, 0.25) is 0 Å². The summed E-state index contributed by atoms with van der Waals surface area (Å²) in [6.07, 6.45) is 0.823. The summed E-state index contributed by atoms with van der Waals surface area (Å²) in [5.74, 6) is 0. The number of hydrogen-bond acceptors (Lipinski definition) is 5. The van der Waals surface area contributed by atoms with Crippen LogP contribution in [-0.4, -0.2) is 29.8 Å². The lowest BCUT2D eigenvalue weighted by Crippen LogP contribution is -2.28. The standard InChI is InChI=1S/C18H24N2O3S/c1-13-5-7-14(8-6-13)16(21)12-19-15-9-10-17(20-11-15)24(22,23)18(2,3)4/h5-11,16,19,21H,12H2,1-4H3. The first-order valence-electron chi connectivity index (χ1n) is 7.80. The molecule has 130 valence electrons. The number of hydrogen-bond donors (Lipinski definition) is 2. The van der Waals surface area contributed by atoms with Gasteiger partial charge in [-0.15, -0.1) is 0 Å². The van der Waals surface area contributed by atoms with Gasteiger partial charge in [0.2, 0.25) is 0 Å². The quantitative estimate of drug-likeness (QED) is 0.868. The Morgan fingerprint density at radius 1 is 1.12 bits per heavy atom. The summed E-state index contributed by atoms with van der Waals surface area (Å²) in [4.78, 5) is 4.05. The average molecular weight is 348 g/mol. The minimum Gasteiger partial charge on any atom is -0.387 e. The zero-order chi connectivity index (χ0) is 18.0. The Morgan fingerprint density at radius 2 is 1.75 bits per heavy atom. The normalized spacial score (nSPS) is 13.5. The first-order chi connectivity index (χ1) is 11.1. The SMILES string of the molecule is Cc1ccc(C(O)CNc2ccc(S(=O)(=O)C(C)(C)C)nc2)cc1. The molecule has 2 rings (SSSR count). The van der Waals surface area contributed by atoms with Gasteiger partial charge in [-0.25, -0.2) is 13.4 Å². The second kappa shape index (κ2) is 6.91. The van der Waals surface area contributed by atoms with E-state index in [1.165, 1.54) is 12.3 Å². The lowest BCUT2D eigenvalue weighted by molar-refractivity contribution is 0.191. The van der Waals surface area contributed by atoms with Crippen molar-refractivity contribution < 1.29 is 13.5 Å². The molecular formula is C18H24N2O3S. The zero-order valence-corrected chi connectivity index (χ0v) is 15.3. The van der Waals surface area contributed by atoms with Crippen molar-refractivity contribution >= 4 is 15.5 Å². The van der Waals surface area contributed by atoms with Gasteiger partial charge in [-0.1, -0.05) is 29.8 Å². The van der Waals surface area contributed by atoms with Crippen molar-refractivity contribution in [1.82, 2.24) is 4.98 Å². The molecule has 2 N–H and O–H groups in total. The summed E-state index contributed by atoms with van der Waals surface area (Å²) in [6.45, 7) is 7.25. The van der Waals surface area contributed by atoms with E-state index in [0.717, 1.165) is 11.1 Å². The van der Waals surface area contributed by atoms with Gasteiger partial charge in [-0.2, -0.15) is 0 Å². The number of aromatic nitrogens is 1. The van der Waals surface area contributed by atoms with Gasteiger partial charge >= 0.3 is 0 Å². The van der Waals surface area contributed by atoms with Crippen LogP contribution in [0.15, 0.2) is 47.6 Å². The molecule has 0 aliphatic rings. The Morgan fingerprint density at radius 3 is 2.25 bits per heavy atom. The van der Waals surface area contributed by atoms with Gasteiger partial charge in [0.1, 0.15) is 0 Å². The Bertz CT molecular complexity index is 777. The number of rotatable bonds is 5. The van der Waals surface area contributed by atoms with Gasteiger partial charge in [0.05, 0.1) is 22.7 Å². The van der Waals surface area contributed by atoms with E-state index in [9.17, 15) is 13.5 Å². The largest absolute Gasteiger partial charge is 0.387 e. The number of aryl methyl sites for hydroxylation is 1. The summed E-state index contributed by atoms with van der Waals surface area (Å²) in [5, 5.41) is 13.3. The Balaban J connectivity index is 2.03. The van der Waals surface area contributed by atoms with E-state index in [0.29, 0.717) is 12.2 Å². The molecule has 0 spiro atoms. The summed E-state index contributed by atoms with van der Waals surface area (Å²) in [5.41, 5.74) is 2.63. The number of nitrogens with zero attached hydrogens (tertiary/aromatic N) is 1. The van der Waals surface area contributed by atoms with Gasteiger partial charge in [0.25, 0.3) is 0 Å². The Labute approximate surface area is 143 Å². The topological polar surface area (TPSA) is 79.3 Å². The van der Waals surface area contributed by atoms with E-state index < -0.39 is 20.7 Å².